The lowest BCUT2D eigenvalue weighted by Gasteiger charge is -2.06. The first-order chi connectivity index (χ1) is 7.25. The summed E-state index contributed by atoms with van der Waals surface area (Å²) < 4.78 is 0. The van der Waals surface area contributed by atoms with Gasteiger partial charge in [-0.2, -0.15) is 0 Å². The first-order valence-electron chi connectivity index (χ1n) is 4.74. The molecule has 0 fully saturated rings. The summed E-state index contributed by atoms with van der Waals surface area (Å²) >= 11 is 1.56. The molecule has 1 atom stereocenters. The fourth-order valence-electron chi connectivity index (χ4n) is 1.38. The van der Waals surface area contributed by atoms with Crippen molar-refractivity contribution < 1.29 is 5.11 Å². The van der Waals surface area contributed by atoms with Gasteiger partial charge in [0.25, 0.3) is 0 Å². The highest BCUT2D eigenvalue weighted by molar-refractivity contribution is 7.09. The second kappa shape index (κ2) is 4.51. The number of nitrogens with zero attached hydrogens (tertiary/aromatic N) is 2. The Bertz CT molecular complexity index is 427. The largest absolute Gasteiger partial charge is 0.386 e. The van der Waals surface area contributed by atoms with Crippen molar-refractivity contribution in [3.8, 4) is 0 Å². The molecule has 0 saturated carbocycles. The standard InChI is InChI=1S/C11H12N2OS/c1-8-13-10(7-15-8)11(14)5-9-3-2-4-12-6-9/h2-4,6-7,11,14H,5H2,1H3. The molecule has 0 aliphatic heterocycles. The summed E-state index contributed by atoms with van der Waals surface area (Å²) in [6.45, 7) is 1.94. The Morgan fingerprint density at radius 1 is 1.53 bits per heavy atom. The first kappa shape index (κ1) is 10.3. The van der Waals surface area contributed by atoms with Crippen molar-refractivity contribution in [3.63, 3.8) is 0 Å². The minimum absolute atomic E-state index is 0.529. The Kier molecular flexibility index (Phi) is 3.08. The third-order valence-corrected chi connectivity index (χ3v) is 2.92. The molecule has 3 nitrogen and oxygen atoms in total. The van der Waals surface area contributed by atoms with Crippen LogP contribution < -0.4 is 0 Å². The quantitative estimate of drug-likeness (QED) is 0.861. The van der Waals surface area contributed by atoms with Gasteiger partial charge >= 0.3 is 0 Å². The van der Waals surface area contributed by atoms with Gasteiger partial charge in [0, 0.05) is 24.2 Å². The molecule has 0 spiro atoms. The maximum absolute atomic E-state index is 9.90. The lowest BCUT2D eigenvalue weighted by molar-refractivity contribution is 0.174. The molecule has 1 N–H and O–H groups in total. The lowest BCUT2D eigenvalue weighted by atomic mass is 10.1. The summed E-state index contributed by atoms with van der Waals surface area (Å²) in [6.07, 6.45) is 3.53. The van der Waals surface area contributed by atoms with Gasteiger partial charge in [-0.05, 0) is 18.6 Å². The Balaban J connectivity index is 2.07. The molecule has 2 aromatic heterocycles. The van der Waals surface area contributed by atoms with Crippen molar-refractivity contribution in [3.05, 3.63) is 46.2 Å². The van der Waals surface area contributed by atoms with E-state index in [2.05, 4.69) is 9.97 Å². The van der Waals surface area contributed by atoms with E-state index in [4.69, 9.17) is 0 Å². The number of aryl methyl sites for hydroxylation is 1. The third-order valence-electron chi connectivity index (χ3n) is 2.13. The summed E-state index contributed by atoms with van der Waals surface area (Å²) in [5, 5.41) is 12.8. The van der Waals surface area contributed by atoms with Crippen LogP contribution in [0.5, 0.6) is 0 Å². The van der Waals surface area contributed by atoms with E-state index in [0.29, 0.717) is 6.42 Å². The van der Waals surface area contributed by atoms with Crippen LogP contribution in [-0.4, -0.2) is 15.1 Å². The van der Waals surface area contributed by atoms with E-state index >= 15 is 0 Å². The van der Waals surface area contributed by atoms with E-state index in [-0.39, 0.29) is 0 Å². The molecule has 0 radical (unpaired) electrons. The predicted octanol–water partition coefficient (Wildman–Crippen LogP) is 2.12. The van der Waals surface area contributed by atoms with Crippen molar-refractivity contribution in [2.24, 2.45) is 0 Å². The zero-order valence-corrected chi connectivity index (χ0v) is 9.24. The average molecular weight is 220 g/mol. The zero-order valence-electron chi connectivity index (χ0n) is 8.42. The minimum atomic E-state index is -0.529. The highest BCUT2D eigenvalue weighted by Gasteiger charge is 2.11. The van der Waals surface area contributed by atoms with Crippen LogP contribution in [0.2, 0.25) is 0 Å². The second-order valence-corrected chi connectivity index (χ2v) is 4.43. The van der Waals surface area contributed by atoms with E-state index in [1.807, 2.05) is 24.4 Å². The number of thiazole rings is 1. The molecule has 0 saturated heterocycles. The molecule has 0 aliphatic rings. The highest BCUT2D eigenvalue weighted by atomic mass is 32.1. The predicted molar refractivity (Wildman–Crippen MR) is 59.8 cm³/mol. The van der Waals surface area contributed by atoms with Gasteiger partial charge in [0.2, 0.25) is 0 Å². The normalized spacial score (nSPS) is 12.7. The van der Waals surface area contributed by atoms with E-state index in [0.717, 1.165) is 16.3 Å². The molecule has 2 heterocycles. The van der Waals surface area contributed by atoms with Crippen molar-refractivity contribution in [1.29, 1.82) is 0 Å². The van der Waals surface area contributed by atoms with Gasteiger partial charge in [-0.25, -0.2) is 4.98 Å². The molecular formula is C11H12N2OS. The van der Waals surface area contributed by atoms with Crippen LogP contribution in [0.3, 0.4) is 0 Å². The summed E-state index contributed by atoms with van der Waals surface area (Å²) in [7, 11) is 0. The van der Waals surface area contributed by atoms with Crippen molar-refractivity contribution in [1.82, 2.24) is 9.97 Å². The maximum atomic E-state index is 9.90. The molecule has 4 heteroatoms. The van der Waals surface area contributed by atoms with Gasteiger partial charge in [0.1, 0.15) is 6.10 Å². The fraction of sp³-hybridized carbons (Fsp3) is 0.273. The monoisotopic (exact) mass is 220 g/mol. The van der Waals surface area contributed by atoms with Crippen LogP contribution in [-0.2, 0) is 6.42 Å². The van der Waals surface area contributed by atoms with Crippen molar-refractivity contribution in [2.75, 3.05) is 0 Å². The number of hydrogen-bond donors (Lipinski definition) is 1. The second-order valence-electron chi connectivity index (χ2n) is 3.37. The highest BCUT2D eigenvalue weighted by Crippen LogP contribution is 2.19. The maximum Gasteiger partial charge on any atom is 0.101 e. The Morgan fingerprint density at radius 2 is 2.40 bits per heavy atom. The van der Waals surface area contributed by atoms with Gasteiger partial charge < -0.3 is 5.11 Å². The average Bonchev–Trinajstić information content (AvgIpc) is 2.66. The van der Waals surface area contributed by atoms with Crippen LogP contribution in [0.15, 0.2) is 29.9 Å². The summed E-state index contributed by atoms with van der Waals surface area (Å²) in [6, 6.07) is 3.82. The number of rotatable bonds is 3. The third kappa shape index (κ3) is 2.61. The fourth-order valence-corrected chi connectivity index (χ4v) is 2.04. The molecule has 2 rings (SSSR count). The van der Waals surface area contributed by atoms with Gasteiger partial charge in [-0.1, -0.05) is 6.07 Å². The molecule has 2 aromatic rings. The Hall–Kier alpha value is -1.26. The Morgan fingerprint density at radius 3 is 3.00 bits per heavy atom. The smallest absolute Gasteiger partial charge is 0.101 e. The first-order valence-corrected chi connectivity index (χ1v) is 5.62. The van der Waals surface area contributed by atoms with Crippen molar-refractivity contribution in [2.45, 2.75) is 19.4 Å². The number of aliphatic hydroxyl groups excluding tert-OH is 1. The van der Waals surface area contributed by atoms with E-state index < -0.39 is 6.10 Å². The van der Waals surface area contributed by atoms with E-state index in [9.17, 15) is 5.11 Å². The molecule has 1 unspecified atom stereocenters. The van der Waals surface area contributed by atoms with Gasteiger partial charge in [0.05, 0.1) is 10.7 Å². The molecule has 0 amide bonds. The molecule has 0 aromatic carbocycles. The van der Waals surface area contributed by atoms with Crippen LogP contribution in [0.25, 0.3) is 0 Å². The molecule has 0 bridgehead atoms. The molecule has 78 valence electrons. The molecular weight excluding hydrogens is 208 g/mol. The van der Waals surface area contributed by atoms with Gasteiger partial charge in [0.15, 0.2) is 0 Å². The lowest BCUT2D eigenvalue weighted by Crippen LogP contribution is -2.02. The minimum Gasteiger partial charge on any atom is -0.386 e. The van der Waals surface area contributed by atoms with Crippen LogP contribution in [0, 0.1) is 6.92 Å². The van der Waals surface area contributed by atoms with Gasteiger partial charge in [-0.15, -0.1) is 11.3 Å². The number of aliphatic hydroxyl groups is 1. The van der Waals surface area contributed by atoms with E-state index in [1.165, 1.54) is 0 Å². The van der Waals surface area contributed by atoms with Crippen LogP contribution in [0.1, 0.15) is 22.4 Å². The number of aromatic nitrogens is 2. The van der Waals surface area contributed by atoms with Crippen LogP contribution >= 0.6 is 11.3 Å². The SMILES string of the molecule is Cc1nc(C(O)Cc2cccnc2)cs1. The topological polar surface area (TPSA) is 46.0 Å². The number of hydrogen-bond acceptors (Lipinski definition) is 4. The summed E-state index contributed by atoms with van der Waals surface area (Å²) in [4.78, 5) is 8.26. The number of pyridine rings is 1. The molecule has 15 heavy (non-hydrogen) atoms. The summed E-state index contributed by atoms with van der Waals surface area (Å²) in [5.41, 5.74) is 1.78. The molecule has 0 aliphatic carbocycles. The van der Waals surface area contributed by atoms with Crippen LogP contribution in [0.4, 0.5) is 0 Å². The van der Waals surface area contributed by atoms with Gasteiger partial charge in [-0.3, -0.25) is 4.98 Å². The Labute approximate surface area is 92.5 Å². The van der Waals surface area contributed by atoms with E-state index in [1.54, 1.807) is 23.7 Å². The van der Waals surface area contributed by atoms with Crippen molar-refractivity contribution >= 4 is 11.3 Å². The summed E-state index contributed by atoms with van der Waals surface area (Å²) in [5.74, 6) is 0. The zero-order chi connectivity index (χ0) is 10.7.